The Morgan fingerprint density at radius 2 is 2.07 bits per heavy atom. The topological polar surface area (TPSA) is 66.3 Å². The average molecular weight is 389 g/mol. The first-order valence-corrected chi connectivity index (χ1v) is 9.85. The number of nitrogens with one attached hydrogen (secondary N) is 1. The number of fused-ring (bicyclic) bond motifs is 1. The van der Waals surface area contributed by atoms with Gasteiger partial charge in [0.1, 0.15) is 5.82 Å². The second-order valence-corrected chi connectivity index (χ2v) is 7.86. The summed E-state index contributed by atoms with van der Waals surface area (Å²) in [5, 5.41) is 12.6. The smallest absolute Gasteiger partial charge is 0.314 e. The van der Waals surface area contributed by atoms with Crippen LogP contribution in [0.1, 0.15) is 36.1 Å². The predicted molar refractivity (Wildman–Crippen MR) is 105 cm³/mol. The second kappa shape index (κ2) is 7.48. The van der Waals surface area contributed by atoms with Gasteiger partial charge >= 0.3 is 6.03 Å². The molecule has 1 saturated heterocycles. The van der Waals surface area contributed by atoms with Crippen LogP contribution in [-0.2, 0) is 13.0 Å². The average Bonchev–Trinajstić information content (AvgIpc) is 3.22. The Morgan fingerprint density at radius 1 is 1.22 bits per heavy atom. The summed E-state index contributed by atoms with van der Waals surface area (Å²) < 4.78 is 2.22. The van der Waals surface area contributed by atoms with Crippen LogP contribution < -0.4 is 5.32 Å². The predicted octanol–water partition coefficient (Wildman–Crippen LogP) is 3.10. The first-order valence-electron chi connectivity index (χ1n) is 9.47. The Hall–Kier alpha value is -2.12. The molecule has 2 aliphatic heterocycles. The lowest BCUT2D eigenvalue weighted by Gasteiger charge is -2.25. The molecule has 2 amide bonds. The number of likely N-dealkylation sites (tertiary alicyclic amines) is 1. The van der Waals surface area contributed by atoms with Gasteiger partial charge in [-0.05, 0) is 50.6 Å². The van der Waals surface area contributed by atoms with Gasteiger partial charge in [0, 0.05) is 43.3 Å². The molecule has 1 fully saturated rings. The van der Waals surface area contributed by atoms with Gasteiger partial charge in [-0.25, -0.2) is 4.79 Å². The van der Waals surface area contributed by atoms with E-state index in [1.54, 1.807) is 6.07 Å². The molecule has 0 aliphatic carbocycles. The Labute approximate surface area is 164 Å². The third-order valence-electron chi connectivity index (χ3n) is 5.52. The minimum atomic E-state index is -0.0917. The molecule has 1 atom stereocenters. The third-order valence-corrected chi connectivity index (χ3v) is 5.76. The number of carbonyl (C=O) groups is 1. The minimum absolute atomic E-state index is 0.0257. The standard InChI is InChI=1S/C19H25ClN6O/c1-13-12-14(20)5-6-15(13)21-19(27)25-8-3-4-16(25)18-23-22-17-7-9-24(2)10-11-26(17)18/h5-6,12,16H,3-4,7-11H2,1-2H3,(H,21,27)/t16-/m0/s1. The Balaban J connectivity index is 1.54. The van der Waals surface area contributed by atoms with Crippen molar-refractivity contribution in [2.75, 3.05) is 32.0 Å². The van der Waals surface area contributed by atoms with Gasteiger partial charge in [0.2, 0.25) is 0 Å². The zero-order valence-electron chi connectivity index (χ0n) is 15.8. The summed E-state index contributed by atoms with van der Waals surface area (Å²) in [5.41, 5.74) is 1.74. The molecule has 3 heterocycles. The zero-order valence-corrected chi connectivity index (χ0v) is 16.5. The van der Waals surface area contributed by atoms with Crippen molar-refractivity contribution < 1.29 is 4.79 Å². The highest BCUT2D eigenvalue weighted by Gasteiger charge is 2.34. The highest BCUT2D eigenvalue weighted by atomic mass is 35.5. The van der Waals surface area contributed by atoms with Crippen LogP contribution in [0, 0.1) is 6.92 Å². The Kier molecular flexibility index (Phi) is 5.06. The van der Waals surface area contributed by atoms with Gasteiger partial charge in [-0.15, -0.1) is 10.2 Å². The van der Waals surface area contributed by atoms with E-state index < -0.39 is 0 Å². The summed E-state index contributed by atoms with van der Waals surface area (Å²) in [7, 11) is 2.13. The molecule has 7 nitrogen and oxygen atoms in total. The molecular formula is C19H25ClN6O. The number of hydrogen-bond donors (Lipinski definition) is 1. The van der Waals surface area contributed by atoms with Gasteiger partial charge in [-0.3, -0.25) is 0 Å². The first kappa shape index (κ1) is 18.3. The highest BCUT2D eigenvalue weighted by Crippen LogP contribution is 2.32. The SMILES string of the molecule is Cc1cc(Cl)ccc1NC(=O)N1CCC[C@H]1c1nnc2n1CCN(C)CC2. The second-order valence-electron chi connectivity index (χ2n) is 7.42. The monoisotopic (exact) mass is 388 g/mol. The molecular weight excluding hydrogens is 364 g/mol. The molecule has 1 aromatic heterocycles. The van der Waals surface area contributed by atoms with Crippen LogP contribution in [0.25, 0.3) is 0 Å². The van der Waals surface area contributed by atoms with Gasteiger partial charge in [0.25, 0.3) is 0 Å². The number of amides is 2. The summed E-state index contributed by atoms with van der Waals surface area (Å²) in [4.78, 5) is 17.2. The fourth-order valence-corrected chi connectivity index (χ4v) is 4.16. The van der Waals surface area contributed by atoms with Crippen LogP contribution in [0.3, 0.4) is 0 Å². The van der Waals surface area contributed by atoms with E-state index in [0.29, 0.717) is 5.02 Å². The molecule has 0 unspecified atom stereocenters. The van der Waals surface area contributed by atoms with E-state index in [9.17, 15) is 4.79 Å². The minimum Gasteiger partial charge on any atom is -0.314 e. The van der Waals surface area contributed by atoms with Crippen LogP contribution in [0.5, 0.6) is 0 Å². The van der Waals surface area contributed by atoms with E-state index in [1.165, 1.54) is 0 Å². The van der Waals surface area contributed by atoms with E-state index in [0.717, 1.165) is 68.3 Å². The van der Waals surface area contributed by atoms with Gasteiger partial charge in [-0.2, -0.15) is 0 Å². The van der Waals surface area contributed by atoms with Gasteiger partial charge in [0.15, 0.2) is 5.82 Å². The molecule has 0 spiro atoms. The summed E-state index contributed by atoms with van der Waals surface area (Å²) in [6, 6.07) is 5.38. The van der Waals surface area contributed by atoms with Crippen LogP contribution in [0.4, 0.5) is 10.5 Å². The number of aryl methyl sites for hydroxylation is 1. The van der Waals surface area contributed by atoms with Crippen molar-refractivity contribution in [3.05, 3.63) is 40.4 Å². The van der Waals surface area contributed by atoms with Crippen molar-refractivity contribution >= 4 is 23.3 Å². The molecule has 0 saturated carbocycles. The molecule has 27 heavy (non-hydrogen) atoms. The normalized spacial score (nSPS) is 20.4. The maximum atomic E-state index is 13.0. The fourth-order valence-electron chi connectivity index (χ4n) is 3.93. The van der Waals surface area contributed by atoms with Crippen molar-refractivity contribution in [3.63, 3.8) is 0 Å². The lowest BCUT2D eigenvalue weighted by atomic mass is 10.2. The number of likely N-dealkylation sites (N-methyl/N-ethyl adjacent to an activating group) is 1. The van der Waals surface area contributed by atoms with Crippen LogP contribution in [0.2, 0.25) is 5.02 Å². The van der Waals surface area contributed by atoms with Crippen molar-refractivity contribution in [2.45, 2.75) is 38.8 Å². The number of urea groups is 1. The van der Waals surface area contributed by atoms with Crippen molar-refractivity contribution in [1.82, 2.24) is 24.6 Å². The maximum absolute atomic E-state index is 13.0. The number of aromatic nitrogens is 3. The van der Waals surface area contributed by atoms with E-state index in [1.807, 2.05) is 24.0 Å². The molecule has 4 rings (SSSR count). The van der Waals surface area contributed by atoms with Gasteiger partial charge in [0.05, 0.1) is 6.04 Å². The number of nitrogens with zero attached hydrogens (tertiary/aromatic N) is 5. The molecule has 8 heteroatoms. The highest BCUT2D eigenvalue weighted by molar-refractivity contribution is 6.30. The van der Waals surface area contributed by atoms with E-state index in [4.69, 9.17) is 11.6 Å². The quantitative estimate of drug-likeness (QED) is 0.858. The van der Waals surface area contributed by atoms with Crippen molar-refractivity contribution in [1.29, 1.82) is 0 Å². The summed E-state index contributed by atoms with van der Waals surface area (Å²) in [5.74, 6) is 1.94. The maximum Gasteiger partial charge on any atom is 0.322 e. The number of anilines is 1. The molecule has 144 valence electrons. The molecule has 0 bridgehead atoms. The molecule has 2 aliphatic rings. The summed E-state index contributed by atoms with van der Waals surface area (Å²) >= 11 is 6.02. The molecule has 0 radical (unpaired) electrons. The van der Waals surface area contributed by atoms with E-state index >= 15 is 0 Å². The lowest BCUT2D eigenvalue weighted by molar-refractivity contribution is 0.203. The van der Waals surface area contributed by atoms with Gasteiger partial charge < -0.3 is 19.7 Å². The first-order chi connectivity index (χ1) is 13.0. The Bertz CT molecular complexity index is 851. The van der Waals surface area contributed by atoms with Crippen LogP contribution in [-0.4, -0.2) is 57.3 Å². The number of benzene rings is 1. The molecule has 2 aromatic rings. The number of carbonyl (C=O) groups excluding carboxylic acids is 1. The fraction of sp³-hybridized carbons (Fsp3) is 0.526. The summed E-state index contributed by atoms with van der Waals surface area (Å²) in [6.07, 6.45) is 2.78. The van der Waals surface area contributed by atoms with Crippen molar-refractivity contribution in [3.8, 4) is 0 Å². The molecule has 1 aromatic carbocycles. The zero-order chi connectivity index (χ0) is 19.0. The van der Waals surface area contributed by atoms with Crippen LogP contribution in [0.15, 0.2) is 18.2 Å². The Morgan fingerprint density at radius 3 is 2.89 bits per heavy atom. The molecule has 1 N–H and O–H groups in total. The number of halogens is 1. The van der Waals surface area contributed by atoms with E-state index in [2.05, 4.69) is 32.0 Å². The largest absolute Gasteiger partial charge is 0.322 e. The van der Waals surface area contributed by atoms with E-state index in [-0.39, 0.29) is 12.1 Å². The van der Waals surface area contributed by atoms with Gasteiger partial charge in [-0.1, -0.05) is 11.6 Å². The lowest BCUT2D eigenvalue weighted by Crippen LogP contribution is -2.36. The summed E-state index contributed by atoms with van der Waals surface area (Å²) in [6.45, 7) is 5.50. The van der Waals surface area contributed by atoms with Crippen LogP contribution >= 0.6 is 11.6 Å². The number of rotatable bonds is 2. The number of hydrogen-bond acceptors (Lipinski definition) is 4. The van der Waals surface area contributed by atoms with Crippen molar-refractivity contribution in [2.24, 2.45) is 0 Å². The third kappa shape index (κ3) is 3.66.